The first kappa shape index (κ1) is 21.6. The first-order valence-corrected chi connectivity index (χ1v) is 13.9. The molecule has 0 radical (unpaired) electrons. The van der Waals surface area contributed by atoms with Crippen molar-refractivity contribution in [2.45, 2.75) is 20.8 Å². The van der Waals surface area contributed by atoms with E-state index in [-0.39, 0.29) is 4.35 Å². The molecule has 0 aliphatic rings. The molecule has 4 aromatic rings. The van der Waals surface area contributed by atoms with E-state index in [1.54, 1.807) is 23.5 Å². The fourth-order valence-electron chi connectivity index (χ4n) is 3.42. The van der Waals surface area contributed by atoms with Crippen LogP contribution in [0.4, 0.5) is 11.5 Å². The van der Waals surface area contributed by atoms with Crippen LogP contribution in [0.3, 0.4) is 0 Å². The SMILES string of the molecule is CCOc1ccc(-c2c(C)sc3nc(C)nc(Nc4ccc([As](=O)(O)O)cc4)c23)cc1. The van der Waals surface area contributed by atoms with E-state index >= 15 is 0 Å². The van der Waals surface area contributed by atoms with Crippen molar-refractivity contribution in [1.29, 1.82) is 0 Å². The van der Waals surface area contributed by atoms with Crippen molar-refractivity contribution >= 4 is 51.6 Å². The van der Waals surface area contributed by atoms with E-state index in [4.69, 9.17) is 4.74 Å². The predicted octanol–water partition coefficient (Wildman–Crippen LogP) is 3.68. The van der Waals surface area contributed by atoms with E-state index in [9.17, 15) is 11.9 Å². The van der Waals surface area contributed by atoms with E-state index in [1.165, 1.54) is 12.1 Å². The van der Waals surface area contributed by atoms with Crippen LogP contribution < -0.4 is 14.4 Å². The van der Waals surface area contributed by atoms with Crippen LogP contribution in [0, 0.1) is 13.8 Å². The second-order valence-electron chi connectivity index (χ2n) is 7.01. The van der Waals surface area contributed by atoms with Crippen LogP contribution in [-0.4, -0.2) is 38.9 Å². The zero-order valence-corrected chi connectivity index (χ0v) is 20.0. The molecule has 0 unspecified atom stereocenters. The molecule has 9 heteroatoms. The van der Waals surface area contributed by atoms with Gasteiger partial charge in [0.25, 0.3) is 0 Å². The quantitative estimate of drug-likeness (QED) is 0.348. The van der Waals surface area contributed by atoms with Gasteiger partial charge in [-0.05, 0) is 6.92 Å². The van der Waals surface area contributed by atoms with E-state index in [2.05, 4.69) is 22.2 Å². The monoisotopic (exact) mass is 499 g/mol. The zero-order chi connectivity index (χ0) is 22.2. The Balaban J connectivity index is 1.79. The van der Waals surface area contributed by atoms with Gasteiger partial charge in [-0.2, -0.15) is 0 Å². The molecule has 0 aliphatic heterocycles. The molecule has 0 saturated heterocycles. The molecule has 0 aliphatic carbocycles. The first-order valence-electron chi connectivity index (χ1n) is 9.70. The number of benzene rings is 2. The van der Waals surface area contributed by atoms with Gasteiger partial charge in [0.15, 0.2) is 0 Å². The van der Waals surface area contributed by atoms with E-state index < -0.39 is 14.2 Å². The maximum atomic E-state index is 11.5. The first-order chi connectivity index (χ1) is 14.8. The van der Waals surface area contributed by atoms with E-state index in [0.29, 0.717) is 23.9 Å². The Labute approximate surface area is 186 Å². The summed E-state index contributed by atoms with van der Waals surface area (Å²) >= 11 is -3.31. The number of aryl methyl sites for hydroxylation is 2. The third-order valence-electron chi connectivity index (χ3n) is 4.76. The Morgan fingerprint density at radius 2 is 1.71 bits per heavy atom. The topological polar surface area (TPSA) is 105 Å². The van der Waals surface area contributed by atoms with Crippen molar-refractivity contribution in [3.05, 3.63) is 59.2 Å². The summed E-state index contributed by atoms with van der Waals surface area (Å²) in [6.07, 6.45) is 0. The normalized spacial score (nSPS) is 11.6. The molecule has 7 nitrogen and oxygen atoms in total. The molecule has 0 bridgehead atoms. The molecule has 0 fully saturated rings. The molecule has 3 N–H and O–H groups in total. The number of ether oxygens (including phenoxy) is 1. The van der Waals surface area contributed by atoms with Crippen molar-refractivity contribution in [1.82, 2.24) is 9.97 Å². The van der Waals surface area contributed by atoms with Crippen LogP contribution in [0.2, 0.25) is 0 Å². The number of fused-ring (bicyclic) bond motifs is 1. The number of thiophene rings is 1. The maximum absolute atomic E-state index is 11.5. The van der Waals surface area contributed by atoms with Crippen molar-refractivity contribution in [2.24, 2.45) is 0 Å². The third-order valence-corrected chi connectivity index (χ3v) is 7.80. The Morgan fingerprint density at radius 3 is 2.32 bits per heavy atom. The molecular weight excluding hydrogens is 477 g/mol. The molecule has 2 heterocycles. The van der Waals surface area contributed by atoms with Crippen LogP contribution in [0.15, 0.2) is 48.5 Å². The summed E-state index contributed by atoms with van der Waals surface area (Å²) in [5, 5.41) is 4.22. The summed E-state index contributed by atoms with van der Waals surface area (Å²) in [4.78, 5) is 11.3. The number of aromatic nitrogens is 2. The Kier molecular flexibility index (Phi) is 5.90. The van der Waals surface area contributed by atoms with Crippen LogP contribution in [0.25, 0.3) is 21.3 Å². The van der Waals surface area contributed by atoms with Gasteiger partial charge < -0.3 is 4.74 Å². The molecule has 0 atom stereocenters. The van der Waals surface area contributed by atoms with Gasteiger partial charge in [-0.1, -0.05) is 0 Å². The molecule has 0 spiro atoms. The Hall–Kier alpha value is -2.64. The molecule has 0 amide bonds. The molecular formula is C22H22AsN3O4S. The summed E-state index contributed by atoms with van der Waals surface area (Å²) in [5.74, 6) is 2.12. The van der Waals surface area contributed by atoms with Crippen molar-refractivity contribution < 1.29 is 16.7 Å². The number of rotatable bonds is 6. The van der Waals surface area contributed by atoms with Crippen LogP contribution in [-0.2, 0) is 3.74 Å². The summed E-state index contributed by atoms with van der Waals surface area (Å²) in [5.41, 5.74) is 2.79. The number of nitrogens with zero attached hydrogens (tertiary/aromatic N) is 2. The molecule has 2 aromatic heterocycles. The van der Waals surface area contributed by atoms with Crippen molar-refractivity contribution in [3.8, 4) is 16.9 Å². The average Bonchev–Trinajstić information content (AvgIpc) is 3.04. The minimum absolute atomic E-state index is 0.0362. The van der Waals surface area contributed by atoms with Crippen molar-refractivity contribution in [2.75, 3.05) is 11.9 Å². The molecule has 160 valence electrons. The predicted molar refractivity (Wildman–Crippen MR) is 124 cm³/mol. The minimum atomic E-state index is -4.92. The van der Waals surface area contributed by atoms with Gasteiger partial charge in [0, 0.05) is 0 Å². The van der Waals surface area contributed by atoms with Crippen LogP contribution in [0.5, 0.6) is 5.75 Å². The van der Waals surface area contributed by atoms with Gasteiger partial charge >= 0.3 is 169 Å². The summed E-state index contributed by atoms with van der Waals surface area (Å²) in [6, 6.07) is 14.1. The number of hydrogen-bond donors (Lipinski definition) is 3. The standard InChI is InChI=1S/C22H22AsN3O4S/c1-4-30-18-11-5-15(6-12-18)19-13(2)31-22-20(19)21(24-14(3)25-22)26-17-9-7-16(8-10-17)23(27,28)29/h5-12H,4H2,1-3H3,(H,24,25,26)(H2,27,28,29). The fraction of sp³-hybridized carbons (Fsp3) is 0.182. The molecule has 2 aromatic carbocycles. The number of hydrogen-bond acceptors (Lipinski definition) is 6. The van der Waals surface area contributed by atoms with E-state index in [1.807, 2.05) is 38.1 Å². The molecule has 31 heavy (non-hydrogen) atoms. The number of anilines is 2. The van der Waals surface area contributed by atoms with Crippen molar-refractivity contribution in [3.63, 3.8) is 0 Å². The fourth-order valence-corrected chi connectivity index (χ4v) is 5.63. The Morgan fingerprint density at radius 1 is 1.03 bits per heavy atom. The second-order valence-corrected chi connectivity index (χ2v) is 11.6. The van der Waals surface area contributed by atoms with Gasteiger partial charge in [0.2, 0.25) is 0 Å². The zero-order valence-electron chi connectivity index (χ0n) is 17.3. The number of nitrogens with one attached hydrogen (secondary N) is 1. The van der Waals surface area contributed by atoms with E-state index in [0.717, 1.165) is 32.0 Å². The van der Waals surface area contributed by atoms with Gasteiger partial charge in [-0.15, -0.1) is 0 Å². The summed E-state index contributed by atoms with van der Waals surface area (Å²) in [7, 11) is 0. The van der Waals surface area contributed by atoms with Gasteiger partial charge in [-0.3, -0.25) is 0 Å². The average molecular weight is 499 g/mol. The summed E-state index contributed by atoms with van der Waals surface area (Å²) in [6.45, 7) is 6.47. The molecule has 4 rings (SSSR count). The van der Waals surface area contributed by atoms with Crippen LogP contribution >= 0.6 is 11.3 Å². The second kappa shape index (κ2) is 8.47. The Bertz CT molecular complexity index is 1280. The van der Waals surface area contributed by atoms with Crippen LogP contribution in [0.1, 0.15) is 17.6 Å². The third kappa shape index (κ3) is 4.52. The molecule has 0 saturated carbocycles. The van der Waals surface area contributed by atoms with Gasteiger partial charge in [0.05, 0.1) is 6.61 Å². The summed E-state index contributed by atoms with van der Waals surface area (Å²) < 4.78 is 35.9. The van der Waals surface area contributed by atoms with Gasteiger partial charge in [-0.25, -0.2) is 0 Å². The van der Waals surface area contributed by atoms with Gasteiger partial charge in [0.1, 0.15) is 0 Å².